The summed E-state index contributed by atoms with van der Waals surface area (Å²) in [4.78, 5) is 0.235. The molecule has 1 aromatic rings. The summed E-state index contributed by atoms with van der Waals surface area (Å²) < 4.78 is 31.3. The third kappa shape index (κ3) is 4.68. The number of unbranched alkanes of at least 4 members (excludes halogenated alkanes) is 1. The molecule has 0 aliphatic rings. The van der Waals surface area contributed by atoms with Gasteiger partial charge < -0.3 is 10.5 Å². The van der Waals surface area contributed by atoms with Crippen LogP contribution in [-0.4, -0.2) is 26.3 Å². The molecule has 0 amide bonds. The van der Waals surface area contributed by atoms with E-state index >= 15 is 0 Å². The molecule has 0 unspecified atom stereocenters. The van der Waals surface area contributed by atoms with Crippen LogP contribution in [0.4, 0.5) is 5.69 Å². The quantitative estimate of drug-likeness (QED) is 0.752. The highest BCUT2D eigenvalue weighted by Crippen LogP contribution is 2.26. The van der Waals surface area contributed by atoms with E-state index in [-0.39, 0.29) is 10.7 Å². The predicted molar refractivity (Wildman–Crippen MR) is 81.2 cm³/mol. The van der Waals surface area contributed by atoms with E-state index in [0.29, 0.717) is 23.4 Å². The fourth-order valence-electron chi connectivity index (χ4n) is 1.48. The summed E-state index contributed by atoms with van der Waals surface area (Å²) in [5.41, 5.74) is 6.53. The fourth-order valence-corrected chi connectivity index (χ4v) is 2.88. The highest BCUT2D eigenvalue weighted by atomic mass is 32.2. The van der Waals surface area contributed by atoms with Crippen LogP contribution in [0.1, 0.15) is 25.3 Å². The third-order valence-corrected chi connectivity index (χ3v) is 4.11. The molecule has 0 fully saturated rings. The summed E-state index contributed by atoms with van der Waals surface area (Å²) in [6.07, 6.45) is 1.43. The van der Waals surface area contributed by atoms with Crippen LogP contribution in [-0.2, 0) is 10.0 Å². The van der Waals surface area contributed by atoms with Gasteiger partial charge in [-0.2, -0.15) is 0 Å². The van der Waals surface area contributed by atoms with E-state index in [1.165, 1.54) is 7.11 Å². The number of nitrogens with one attached hydrogen (secondary N) is 1. The predicted octanol–water partition coefficient (Wildman–Crippen LogP) is 1.87. The second-order valence-corrected chi connectivity index (χ2v) is 6.34. The van der Waals surface area contributed by atoms with Gasteiger partial charge in [0.2, 0.25) is 10.0 Å². The molecule has 0 radical (unpaired) electrons. The minimum Gasteiger partial charge on any atom is -0.495 e. The number of hydrogen-bond acceptors (Lipinski definition) is 4. The molecule has 7 heteroatoms. The molecule has 106 valence electrons. The highest BCUT2D eigenvalue weighted by Gasteiger charge is 2.13. The maximum absolute atomic E-state index is 11.8. The number of benzene rings is 1. The van der Waals surface area contributed by atoms with E-state index < -0.39 is 10.0 Å². The zero-order valence-corrected chi connectivity index (χ0v) is 12.6. The SMILES string of the molecule is CCCCS(=O)(=O)Nc1ccc(C(N)=S)cc1OC. The Hall–Kier alpha value is -1.34. The summed E-state index contributed by atoms with van der Waals surface area (Å²) in [5.74, 6) is 0.481. The Morgan fingerprint density at radius 1 is 1.47 bits per heavy atom. The van der Waals surface area contributed by atoms with Crippen LogP contribution in [0.2, 0.25) is 0 Å². The van der Waals surface area contributed by atoms with Gasteiger partial charge in [-0.15, -0.1) is 0 Å². The molecule has 3 N–H and O–H groups in total. The van der Waals surface area contributed by atoms with Gasteiger partial charge in [0, 0.05) is 5.56 Å². The van der Waals surface area contributed by atoms with Crippen molar-refractivity contribution in [1.82, 2.24) is 0 Å². The molecular formula is C12H18N2O3S2. The molecule has 0 aromatic heterocycles. The zero-order chi connectivity index (χ0) is 14.5. The third-order valence-electron chi connectivity index (χ3n) is 2.52. The van der Waals surface area contributed by atoms with Gasteiger partial charge in [-0.25, -0.2) is 8.42 Å². The molecule has 0 bridgehead atoms. The van der Waals surface area contributed by atoms with Crippen LogP contribution in [0.3, 0.4) is 0 Å². The molecule has 19 heavy (non-hydrogen) atoms. The van der Waals surface area contributed by atoms with Crippen LogP contribution >= 0.6 is 12.2 Å². The molecule has 0 aliphatic carbocycles. The van der Waals surface area contributed by atoms with Crippen molar-refractivity contribution in [3.63, 3.8) is 0 Å². The molecular weight excluding hydrogens is 284 g/mol. The van der Waals surface area contributed by atoms with E-state index in [1.807, 2.05) is 6.92 Å². The van der Waals surface area contributed by atoms with Crippen molar-refractivity contribution in [1.29, 1.82) is 0 Å². The monoisotopic (exact) mass is 302 g/mol. The topological polar surface area (TPSA) is 81.4 Å². The number of anilines is 1. The van der Waals surface area contributed by atoms with Crippen molar-refractivity contribution in [3.8, 4) is 5.75 Å². The smallest absolute Gasteiger partial charge is 0.232 e. The van der Waals surface area contributed by atoms with Gasteiger partial charge in [0.25, 0.3) is 0 Å². The zero-order valence-electron chi connectivity index (χ0n) is 11.0. The Morgan fingerprint density at radius 3 is 2.68 bits per heavy atom. The minimum absolute atomic E-state index is 0.0870. The largest absolute Gasteiger partial charge is 0.495 e. The Morgan fingerprint density at radius 2 is 2.16 bits per heavy atom. The van der Waals surface area contributed by atoms with E-state index in [2.05, 4.69) is 4.72 Å². The van der Waals surface area contributed by atoms with Crippen molar-refractivity contribution < 1.29 is 13.2 Å². The van der Waals surface area contributed by atoms with Gasteiger partial charge in [0.05, 0.1) is 18.6 Å². The molecule has 0 saturated heterocycles. The standard InChI is InChI=1S/C12H18N2O3S2/c1-3-4-7-19(15,16)14-10-6-5-9(12(13)18)8-11(10)17-2/h5-6,8,14H,3-4,7H2,1-2H3,(H2,13,18). The summed E-state index contributed by atoms with van der Waals surface area (Å²) in [7, 11) is -1.90. The van der Waals surface area contributed by atoms with Crippen molar-refractivity contribution in [3.05, 3.63) is 23.8 Å². The number of nitrogens with two attached hydrogens (primary N) is 1. The van der Waals surface area contributed by atoms with Gasteiger partial charge in [-0.3, -0.25) is 4.72 Å². The van der Waals surface area contributed by atoms with E-state index in [9.17, 15) is 8.42 Å². The Balaban J connectivity index is 2.98. The van der Waals surface area contributed by atoms with Gasteiger partial charge in [-0.1, -0.05) is 25.6 Å². The van der Waals surface area contributed by atoms with Crippen LogP contribution in [0.5, 0.6) is 5.75 Å². The number of rotatable bonds is 7. The highest BCUT2D eigenvalue weighted by molar-refractivity contribution is 7.92. The summed E-state index contributed by atoms with van der Waals surface area (Å²) >= 11 is 4.86. The molecule has 0 atom stereocenters. The number of ether oxygens (including phenoxy) is 1. The lowest BCUT2D eigenvalue weighted by atomic mass is 10.2. The number of thiocarbonyl (C=S) groups is 1. The number of methoxy groups -OCH3 is 1. The number of hydrogen-bond donors (Lipinski definition) is 2. The summed E-state index contributed by atoms with van der Waals surface area (Å²) in [6.45, 7) is 1.94. The Labute approximate surface area is 119 Å². The van der Waals surface area contributed by atoms with Crippen molar-refractivity contribution >= 4 is 32.9 Å². The van der Waals surface area contributed by atoms with Crippen LogP contribution in [0.25, 0.3) is 0 Å². The lowest BCUT2D eigenvalue weighted by Gasteiger charge is -2.12. The summed E-state index contributed by atoms with van der Waals surface area (Å²) in [5, 5.41) is 0. The molecule has 0 spiro atoms. The first-order valence-electron chi connectivity index (χ1n) is 5.88. The number of sulfonamides is 1. The van der Waals surface area contributed by atoms with Crippen LogP contribution < -0.4 is 15.2 Å². The van der Waals surface area contributed by atoms with Crippen molar-refractivity contribution in [2.45, 2.75) is 19.8 Å². The average molecular weight is 302 g/mol. The lowest BCUT2D eigenvalue weighted by molar-refractivity contribution is 0.417. The van der Waals surface area contributed by atoms with Gasteiger partial charge >= 0.3 is 0 Å². The van der Waals surface area contributed by atoms with E-state index in [1.54, 1.807) is 18.2 Å². The van der Waals surface area contributed by atoms with E-state index in [4.69, 9.17) is 22.7 Å². The maximum atomic E-state index is 11.8. The average Bonchev–Trinajstić information content (AvgIpc) is 2.36. The lowest BCUT2D eigenvalue weighted by Crippen LogP contribution is -2.17. The fraction of sp³-hybridized carbons (Fsp3) is 0.417. The summed E-state index contributed by atoms with van der Waals surface area (Å²) in [6, 6.07) is 4.86. The van der Waals surface area contributed by atoms with Crippen LogP contribution in [0, 0.1) is 0 Å². The van der Waals surface area contributed by atoms with Gasteiger partial charge in [0.1, 0.15) is 10.7 Å². The maximum Gasteiger partial charge on any atom is 0.232 e. The first-order valence-corrected chi connectivity index (χ1v) is 7.94. The van der Waals surface area contributed by atoms with Crippen molar-refractivity contribution in [2.75, 3.05) is 17.6 Å². The second kappa shape index (κ2) is 6.72. The Bertz CT molecular complexity index is 556. The van der Waals surface area contributed by atoms with Crippen LogP contribution in [0.15, 0.2) is 18.2 Å². The van der Waals surface area contributed by atoms with E-state index in [0.717, 1.165) is 6.42 Å². The van der Waals surface area contributed by atoms with Gasteiger partial charge in [0.15, 0.2) is 0 Å². The molecule has 5 nitrogen and oxygen atoms in total. The molecule has 0 heterocycles. The normalized spacial score (nSPS) is 11.1. The Kier molecular flexibility index (Phi) is 5.56. The molecule has 1 rings (SSSR count). The van der Waals surface area contributed by atoms with Crippen molar-refractivity contribution in [2.24, 2.45) is 5.73 Å². The minimum atomic E-state index is -3.36. The molecule has 0 saturated carbocycles. The first-order chi connectivity index (χ1) is 8.89. The van der Waals surface area contributed by atoms with Gasteiger partial charge in [-0.05, 0) is 24.6 Å². The second-order valence-electron chi connectivity index (χ2n) is 4.05. The molecule has 1 aromatic carbocycles. The first kappa shape index (κ1) is 15.7. The molecule has 0 aliphatic heterocycles.